The monoisotopic (exact) mass is 504 g/mol. The number of nitrogens with zero attached hydrogens (tertiary/aromatic N) is 1. The van der Waals surface area contributed by atoms with Gasteiger partial charge in [-0.15, -0.1) is 0 Å². The molecule has 0 unspecified atom stereocenters. The van der Waals surface area contributed by atoms with Crippen LogP contribution in [-0.4, -0.2) is 35.1 Å². The van der Waals surface area contributed by atoms with Crippen molar-refractivity contribution in [3.05, 3.63) is 77.3 Å². The first-order chi connectivity index (χ1) is 14.8. The Bertz CT molecular complexity index is 1130. The molecule has 0 aliphatic carbocycles. The van der Waals surface area contributed by atoms with Gasteiger partial charge in [0.25, 0.3) is 15.9 Å². The molecule has 0 saturated carbocycles. The molecule has 0 aliphatic heterocycles. The van der Waals surface area contributed by atoms with E-state index in [9.17, 15) is 13.2 Å². The van der Waals surface area contributed by atoms with Crippen LogP contribution < -0.4 is 19.1 Å². The van der Waals surface area contributed by atoms with Gasteiger partial charge in [0, 0.05) is 22.9 Å². The minimum atomic E-state index is -3.74. The van der Waals surface area contributed by atoms with E-state index >= 15 is 0 Å². The van der Waals surface area contributed by atoms with E-state index < -0.39 is 10.0 Å². The third kappa shape index (κ3) is 5.99. The summed E-state index contributed by atoms with van der Waals surface area (Å²) in [6.07, 6.45) is 0. The third-order valence-electron chi connectivity index (χ3n) is 4.43. The van der Waals surface area contributed by atoms with Crippen molar-refractivity contribution in [1.29, 1.82) is 0 Å². The van der Waals surface area contributed by atoms with Crippen LogP contribution in [0.15, 0.2) is 82.2 Å². The van der Waals surface area contributed by atoms with Crippen LogP contribution in [-0.2, 0) is 14.8 Å². The van der Waals surface area contributed by atoms with Crippen molar-refractivity contribution in [2.75, 3.05) is 30.4 Å². The molecule has 0 spiro atoms. The number of carbonyl (C=O) groups excluding carboxylic acids is 1. The van der Waals surface area contributed by atoms with Crippen molar-refractivity contribution < 1.29 is 22.7 Å². The van der Waals surface area contributed by atoms with Crippen LogP contribution in [0.1, 0.15) is 0 Å². The maximum atomic E-state index is 12.5. The van der Waals surface area contributed by atoms with Crippen LogP contribution in [0, 0.1) is 0 Å². The summed E-state index contributed by atoms with van der Waals surface area (Å²) >= 11 is 3.31. The number of anilines is 2. The molecule has 3 rings (SSSR count). The van der Waals surface area contributed by atoms with Gasteiger partial charge in [0.1, 0.15) is 11.5 Å². The largest absolute Gasteiger partial charge is 0.497 e. The molecule has 0 aromatic heterocycles. The zero-order chi connectivity index (χ0) is 22.4. The molecule has 0 fully saturated rings. The maximum Gasteiger partial charge on any atom is 0.264 e. The van der Waals surface area contributed by atoms with Crippen LogP contribution in [0.2, 0.25) is 0 Å². The Hall–Kier alpha value is -3.04. The molecular formula is C22H21BrN2O5S. The van der Waals surface area contributed by atoms with Crippen LogP contribution in [0.4, 0.5) is 11.4 Å². The summed E-state index contributed by atoms with van der Waals surface area (Å²) in [5.74, 6) is 0.836. The predicted octanol–water partition coefficient (Wildman–Crippen LogP) is 4.30. The first-order valence-electron chi connectivity index (χ1n) is 9.20. The van der Waals surface area contributed by atoms with E-state index in [0.29, 0.717) is 22.9 Å². The van der Waals surface area contributed by atoms with E-state index in [2.05, 4.69) is 20.7 Å². The second-order valence-electron chi connectivity index (χ2n) is 6.52. The number of rotatable bonds is 8. The second kappa shape index (κ2) is 9.84. The van der Waals surface area contributed by atoms with Crippen LogP contribution >= 0.6 is 15.9 Å². The molecule has 3 aromatic carbocycles. The molecule has 3 aromatic rings. The predicted molar refractivity (Wildman–Crippen MR) is 123 cm³/mol. The van der Waals surface area contributed by atoms with Gasteiger partial charge in [0.15, 0.2) is 6.61 Å². The molecule has 9 heteroatoms. The lowest BCUT2D eigenvalue weighted by molar-refractivity contribution is -0.120. The zero-order valence-electron chi connectivity index (χ0n) is 16.9. The van der Waals surface area contributed by atoms with E-state index in [1.807, 2.05) is 0 Å². The number of carbonyl (C=O) groups is 1. The molecular weight excluding hydrogens is 484 g/mol. The highest BCUT2D eigenvalue weighted by Crippen LogP contribution is 2.22. The minimum absolute atomic E-state index is 0.0875. The summed E-state index contributed by atoms with van der Waals surface area (Å²) in [6.45, 7) is -0.189. The SMILES string of the molecule is COc1ccc(N(C)C(=O)COc2ccc(S(=O)(=O)Nc3ccc(Br)cc3)cc2)cc1. The Morgan fingerprint density at radius 1 is 0.935 bits per heavy atom. The van der Waals surface area contributed by atoms with E-state index in [0.717, 1.165) is 4.47 Å². The lowest BCUT2D eigenvalue weighted by Gasteiger charge is -2.18. The maximum absolute atomic E-state index is 12.5. The van der Waals surface area contributed by atoms with Gasteiger partial charge in [-0.05, 0) is 72.8 Å². The second-order valence-corrected chi connectivity index (χ2v) is 9.12. The fraction of sp³-hybridized carbons (Fsp3) is 0.136. The molecule has 0 heterocycles. The molecule has 1 amide bonds. The number of likely N-dealkylation sites (N-methyl/N-ethyl adjacent to an activating group) is 1. The summed E-state index contributed by atoms with van der Waals surface area (Å²) in [5, 5.41) is 0. The minimum Gasteiger partial charge on any atom is -0.497 e. The van der Waals surface area contributed by atoms with Crippen molar-refractivity contribution in [3.63, 3.8) is 0 Å². The number of sulfonamides is 1. The quantitative estimate of drug-likeness (QED) is 0.494. The molecule has 7 nitrogen and oxygen atoms in total. The van der Waals surface area contributed by atoms with E-state index in [1.165, 1.54) is 29.2 Å². The molecule has 0 bridgehead atoms. The molecule has 0 atom stereocenters. The fourth-order valence-electron chi connectivity index (χ4n) is 2.64. The summed E-state index contributed by atoms with van der Waals surface area (Å²) in [6, 6.07) is 19.8. The third-order valence-corrected chi connectivity index (χ3v) is 6.35. The van der Waals surface area contributed by atoms with Gasteiger partial charge in [-0.3, -0.25) is 9.52 Å². The summed E-state index contributed by atoms with van der Waals surface area (Å²) in [5.41, 5.74) is 1.16. The fourth-order valence-corrected chi connectivity index (χ4v) is 3.96. The number of methoxy groups -OCH3 is 1. The first kappa shape index (κ1) is 22.6. The standard InChI is InChI=1S/C22H21BrN2O5S/c1-25(18-7-9-19(29-2)10-8-18)22(26)15-30-20-11-13-21(14-12-20)31(27,28)24-17-5-3-16(23)4-6-17/h3-14,24H,15H2,1-2H3. The van der Waals surface area contributed by atoms with Crippen molar-refractivity contribution in [1.82, 2.24) is 0 Å². The molecule has 1 N–H and O–H groups in total. The van der Waals surface area contributed by atoms with E-state index in [4.69, 9.17) is 9.47 Å². The molecule has 31 heavy (non-hydrogen) atoms. The molecule has 162 valence electrons. The van der Waals surface area contributed by atoms with Crippen molar-refractivity contribution in [2.24, 2.45) is 0 Å². The first-order valence-corrected chi connectivity index (χ1v) is 11.5. The van der Waals surface area contributed by atoms with Crippen LogP contribution in [0.3, 0.4) is 0 Å². The molecule has 0 aliphatic rings. The number of hydrogen-bond acceptors (Lipinski definition) is 5. The van der Waals surface area contributed by atoms with Gasteiger partial charge in [0.2, 0.25) is 0 Å². The average Bonchev–Trinajstić information content (AvgIpc) is 2.78. The Balaban J connectivity index is 1.59. The van der Waals surface area contributed by atoms with Gasteiger partial charge in [-0.25, -0.2) is 8.42 Å². The Labute approximate surface area is 189 Å². The van der Waals surface area contributed by atoms with Gasteiger partial charge >= 0.3 is 0 Å². The Morgan fingerprint density at radius 2 is 1.52 bits per heavy atom. The van der Waals surface area contributed by atoms with Crippen LogP contribution in [0.25, 0.3) is 0 Å². The number of amides is 1. The highest BCUT2D eigenvalue weighted by molar-refractivity contribution is 9.10. The molecule has 0 radical (unpaired) electrons. The summed E-state index contributed by atoms with van der Waals surface area (Å²) in [7, 11) is -0.511. The van der Waals surface area contributed by atoms with E-state index in [1.54, 1.807) is 62.7 Å². The number of nitrogens with one attached hydrogen (secondary N) is 1. The molecule has 0 saturated heterocycles. The number of benzene rings is 3. The summed E-state index contributed by atoms with van der Waals surface area (Å²) < 4.78 is 39.0. The summed E-state index contributed by atoms with van der Waals surface area (Å²) in [4.78, 5) is 13.9. The van der Waals surface area contributed by atoms with Crippen molar-refractivity contribution in [3.8, 4) is 11.5 Å². The normalized spacial score (nSPS) is 10.9. The lowest BCUT2D eigenvalue weighted by atomic mass is 10.3. The smallest absolute Gasteiger partial charge is 0.264 e. The zero-order valence-corrected chi connectivity index (χ0v) is 19.3. The van der Waals surface area contributed by atoms with Gasteiger partial charge < -0.3 is 14.4 Å². The average molecular weight is 505 g/mol. The Morgan fingerprint density at radius 3 is 2.10 bits per heavy atom. The Kier molecular flexibility index (Phi) is 7.19. The number of ether oxygens (including phenoxy) is 2. The van der Waals surface area contributed by atoms with Gasteiger partial charge in [-0.1, -0.05) is 15.9 Å². The lowest BCUT2D eigenvalue weighted by Crippen LogP contribution is -2.31. The van der Waals surface area contributed by atoms with E-state index in [-0.39, 0.29) is 17.4 Å². The van der Waals surface area contributed by atoms with Crippen LogP contribution in [0.5, 0.6) is 11.5 Å². The van der Waals surface area contributed by atoms with Gasteiger partial charge in [-0.2, -0.15) is 0 Å². The number of halogens is 1. The van der Waals surface area contributed by atoms with Gasteiger partial charge in [0.05, 0.1) is 12.0 Å². The van der Waals surface area contributed by atoms with Crippen molar-refractivity contribution in [2.45, 2.75) is 4.90 Å². The topological polar surface area (TPSA) is 84.9 Å². The van der Waals surface area contributed by atoms with Crippen molar-refractivity contribution >= 4 is 43.2 Å². The highest BCUT2D eigenvalue weighted by atomic mass is 79.9. The number of hydrogen-bond donors (Lipinski definition) is 1. The highest BCUT2D eigenvalue weighted by Gasteiger charge is 2.15.